The molecule has 2 aromatic heterocycles. The van der Waals surface area contributed by atoms with Crippen LogP contribution in [0.2, 0.25) is 0 Å². The lowest BCUT2D eigenvalue weighted by molar-refractivity contribution is 0.203. The third kappa shape index (κ3) is 2.01. The number of rotatable bonds is 3. The highest BCUT2D eigenvalue weighted by molar-refractivity contribution is 5.35. The van der Waals surface area contributed by atoms with E-state index in [0.717, 1.165) is 11.3 Å². The summed E-state index contributed by atoms with van der Waals surface area (Å²) in [6, 6.07) is 3.65. The highest BCUT2D eigenvalue weighted by Crippen LogP contribution is 2.30. The lowest BCUT2D eigenvalue weighted by Crippen LogP contribution is -2.09. The van der Waals surface area contributed by atoms with Crippen LogP contribution in [0.25, 0.3) is 0 Å². The van der Waals surface area contributed by atoms with Crippen LogP contribution in [0.3, 0.4) is 0 Å². The molecule has 2 heterocycles. The Morgan fingerprint density at radius 3 is 2.88 bits per heavy atom. The molecule has 1 unspecified atom stereocenters. The van der Waals surface area contributed by atoms with E-state index in [4.69, 9.17) is 4.74 Å². The standard InChI is InChI=1S/C12H15N3O2/c1-8-9(5-4-6-13-8)12(16)11-10(17-3)7-14-15(11)2/h4-7,12,16H,1-3H3. The van der Waals surface area contributed by atoms with Crippen LogP contribution < -0.4 is 4.74 Å². The van der Waals surface area contributed by atoms with Gasteiger partial charge in [-0.25, -0.2) is 0 Å². The number of aliphatic hydroxyl groups excluding tert-OH is 1. The fraction of sp³-hybridized carbons (Fsp3) is 0.333. The second-order valence-electron chi connectivity index (χ2n) is 3.80. The molecule has 0 saturated carbocycles. The Kier molecular flexibility index (Phi) is 3.10. The maximum atomic E-state index is 10.4. The summed E-state index contributed by atoms with van der Waals surface area (Å²) >= 11 is 0. The molecule has 0 amide bonds. The van der Waals surface area contributed by atoms with Crippen molar-refractivity contribution in [1.29, 1.82) is 0 Å². The minimum atomic E-state index is -0.786. The maximum Gasteiger partial charge on any atom is 0.162 e. The molecule has 0 spiro atoms. The number of methoxy groups -OCH3 is 1. The van der Waals surface area contributed by atoms with Gasteiger partial charge in [0.15, 0.2) is 5.75 Å². The van der Waals surface area contributed by atoms with Crippen LogP contribution in [0.4, 0.5) is 0 Å². The molecule has 0 aliphatic heterocycles. The third-order valence-corrected chi connectivity index (χ3v) is 2.77. The van der Waals surface area contributed by atoms with Gasteiger partial charge >= 0.3 is 0 Å². The van der Waals surface area contributed by atoms with E-state index in [1.54, 1.807) is 37.3 Å². The summed E-state index contributed by atoms with van der Waals surface area (Å²) in [5.74, 6) is 0.572. The van der Waals surface area contributed by atoms with E-state index in [9.17, 15) is 5.11 Å². The topological polar surface area (TPSA) is 60.2 Å². The molecule has 0 fully saturated rings. The molecule has 0 aliphatic rings. The normalized spacial score (nSPS) is 12.5. The van der Waals surface area contributed by atoms with Crippen LogP contribution in [-0.4, -0.2) is 27.0 Å². The zero-order valence-corrected chi connectivity index (χ0v) is 10.1. The quantitative estimate of drug-likeness (QED) is 0.865. The molecule has 5 heteroatoms. The molecule has 0 radical (unpaired) electrons. The second-order valence-corrected chi connectivity index (χ2v) is 3.80. The number of aromatic nitrogens is 3. The summed E-state index contributed by atoms with van der Waals surface area (Å²) in [5.41, 5.74) is 2.18. The Bertz CT molecular complexity index is 522. The summed E-state index contributed by atoms with van der Waals surface area (Å²) in [6.45, 7) is 1.86. The minimum absolute atomic E-state index is 0.572. The molecule has 17 heavy (non-hydrogen) atoms. The molecule has 0 saturated heterocycles. The van der Waals surface area contributed by atoms with Crippen LogP contribution in [-0.2, 0) is 7.05 Å². The molecule has 90 valence electrons. The van der Waals surface area contributed by atoms with Gasteiger partial charge < -0.3 is 9.84 Å². The average Bonchev–Trinajstić information content (AvgIpc) is 2.70. The second kappa shape index (κ2) is 4.55. The molecule has 0 aromatic carbocycles. The first-order valence-electron chi connectivity index (χ1n) is 5.30. The molecule has 5 nitrogen and oxygen atoms in total. The summed E-state index contributed by atoms with van der Waals surface area (Å²) < 4.78 is 6.79. The van der Waals surface area contributed by atoms with E-state index in [0.29, 0.717) is 11.4 Å². The van der Waals surface area contributed by atoms with E-state index in [2.05, 4.69) is 10.1 Å². The predicted octanol–water partition coefficient (Wildman–Crippen LogP) is 1.21. The van der Waals surface area contributed by atoms with Crippen LogP contribution in [0.15, 0.2) is 24.5 Å². The predicted molar refractivity (Wildman–Crippen MR) is 62.8 cm³/mol. The van der Waals surface area contributed by atoms with Gasteiger partial charge in [0, 0.05) is 24.5 Å². The van der Waals surface area contributed by atoms with Crippen molar-refractivity contribution in [3.05, 3.63) is 41.5 Å². The number of aryl methyl sites for hydroxylation is 2. The smallest absolute Gasteiger partial charge is 0.162 e. The Morgan fingerprint density at radius 2 is 2.24 bits per heavy atom. The molecule has 0 aliphatic carbocycles. The number of nitrogens with zero attached hydrogens (tertiary/aromatic N) is 3. The fourth-order valence-electron chi connectivity index (χ4n) is 1.83. The van der Waals surface area contributed by atoms with Gasteiger partial charge in [-0.15, -0.1) is 0 Å². The van der Waals surface area contributed by atoms with E-state index in [1.165, 1.54) is 0 Å². The van der Waals surface area contributed by atoms with Crippen molar-refractivity contribution in [2.75, 3.05) is 7.11 Å². The van der Waals surface area contributed by atoms with Crippen LogP contribution in [0, 0.1) is 6.92 Å². The van der Waals surface area contributed by atoms with E-state index in [-0.39, 0.29) is 0 Å². The number of aliphatic hydroxyl groups is 1. The molecule has 0 bridgehead atoms. The number of hydrogen-bond donors (Lipinski definition) is 1. The van der Waals surface area contributed by atoms with Gasteiger partial charge in [0.1, 0.15) is 11.8 Å². The van der Waals surface area contributed by atoms with Crippen LogP contribution >= 0.6 is 0 Å². The van der Waals surface area contributed by atoms with Crippen molar-refractivity contribution in [2.24, 2.45) is 7.05 Å². The molecule has 2 rings (SSSR count). The summed E-state index contributed by atoms with van der Waals surface area (Å²) in [6.07, 6.45) is 2.50. The summed E-state index contributed by atoms with van der Waals surface area (Å²) in [4.78, 5) is 4.16. The Balaban J connectivity index is 2.47. The number of ether oxygens (including phenoxy) is 1. The largest absolute Gasteiger partial charge is 0.493 e. The maximum absolute atomic E-state index is 10.4. The van der Waals surface area contributed by atoms with Gasteiger partial charge in [0.25, 0.3) is 0 Å². The Morgan fingerprint density at radius 1 is 1.47 bits per heavy atom. The van der Waals surface area contributed by atoms with Crippen molar-refractivity contribution in [1.82, 2.24) is 14.8 Å². The van der Waals surface area contributed by atoms with E-state index < -0.39 is 6.10 Å². The molecule has 1 atom stereocenters. The summed E-state index contributed by atoms with van der Waals surface area (Å²) in [5, 5.41) is 14.4. The molecule has 1 N–H and O–H groups in total. The highest BCUT2D eigenvalue weighted by Gasteiger charge is 2.21. The first-order chi connectivity index (χ1) is 8.15. The highest BCUT2D eigenvalue weighted by atomic mass is 16.5. The van der Waals surface area contributed by atoms with Crippen molar-refractivity contribution >= 4 is 0 Å². The van der Waals surface area contributed by atoms with E-state index >= 15 is 0 Å². The Labute approximate surface area is 99.7 Å². The minimum Gasteiger partial charge on any atom is -0.493 e. The van der Waals surface area contributed by atoms with Gasteiger partial charge in [-0.2, -0.15) is 5.10 Å². The van der Waals surface area contributed by atoms with Gasteiger partial charge in [0.2, 0.25) is 0 Å². The third-order valence-electron chi connectivity index (χ3n) is 2.77. The zero-order valence-electron chi connectivity index (χ0n) is 10.1. The van der Waals surface area contributed by atoms with E-state index in [1.807, 2.05) is 13.0 Å². The van der Waals surface area contributed by atoms with Crippen molar-refractivity contribution < 1.29 is 9.84 Å². The molecular formula is C12H15N3O2. The number of pyridine rings is 1. The van der Waals surface area contributed by atoms with Gasteiger partial charge in [-0.05, 0) is 13.0 Å². The first kappa shape index (κ1) is 11.6. The monoisotopic (exact) mass is 233 g/mol. The molecular weight excluding hydrogens is 218 g/mol. The van der Waals surface area contributed by atoms with Gasteiger partial charge in [-0.1, -0.05) is 6.07 Å². The SMILES string of the molecule is COc1cnn(C)c1C(O)c1cccnc1C. The number of hydrogen-bond acceptors (Lipinski definition) is 4. The lowest BCUT2D eigenvalue weighted by Gasteiger charge is -2.14. The van der Waals surface area contributed by atoms with Crippen LogP contribution in [0.1, 0.15) is 23.1 Å². The average molecular weight is 233 g/mol. The van der Waals surface area contributed by atoms with Crippen molar-refractivity contribution in [2.45, 2.75) is 13.0 Å². The van der Waals surface area contributed by atoms with Crippen molar-refractivity contribution in [3.63, 3.8) is 0 Å². The fourth-order valence-corrected chi connectivity index (χ4v) is 1.83. The first-order valence-corrected chi connectivity index (χ1v) is 5.30. The van der Waals surface area contributed by atoms with Crippen molar-refractivity contribution in [3.8, 4) is 5.75 Å². The van der Waals surface area contributed by atoms with Gasteiger partial charge in [-0.3, -0.25) is 9.67 Å². The summed E-state index contributed by atoms with van der Waals surface area (Å²) in [7, 11) is 3.33. The van der Waals surface area contributed by atoms with Crippen LogP contribution in [0.5, 0.6) is 5.75 Å². The lowest BCUT2D eigenvalue weighted by atomic mass is 10.1. The molecule has 2 aromatic rings. The Hall–Kier alpha value is -1.88. The van der Waals surface area contributed by atoms with Gasteiger partial charge in [0.05, 0.1) is 13.3 Å². The zero-order chi connectivity index (χ0) is 12.4.